The van der Waals surface area contributed by atoms with Crippen LogP contribution in [0.1, 0.15) is 56.3 Å². The van der Waals surface area contributed by atoms with Crippen LogP contribution in [-0.4, -0.2) is 33.4 Å². The van der Waals surface area contributed by atoms with Crippen molar-refractivity contribution in [2.75, 3.05) is 0 Å². The van der Waals surface area contributed by atoms with Crippen molar-refractivity contribution in [3.8, 4) is 0 Å². The van der Waals surface area contributed by atoms with E-state index in [0.29, 0.717) is 22.9 Å². The van der Waals surface area contributed by atoms with Gasteiger partial charge in [0.25, 0.3) is 5.91 Å². The fourth-order valence-corrected chi connectivity index (χ4v) is 3.65. The van der Waals surface area contributed by atoms with Gasteiger partial charge in [0.05, 0.1) is 0 Å². The van der Waals surface area contributed by atoms with Gasteiger partial charge in [-0.3, -0.25) is 4.79 Å². The van der Waals surface area contributed by atoms with E-state index in [-0.39, 0.29) is 18.0 Å². The van der Waals surface area contributed by atoms with Gasteiger partial charge in [-0.2, -0.15) is 15.4 Å². The van der Waals surface area contributed by atoms with E-state index in [2.05, 4.69) is 34.6 Å². The zero-order valence-corrected chi connectivity index (χ0v) is 14.5. The fraction of sp³-hybridized carbons (Fsp3) is 0.611. The van der Waals surface area contributed by atoms with Crippen LogP contribution >= 0.6 is 0 Å². The zero-order chi connectivity index (χ0) is 17.1. The van der Waals surface area contributed by atoms with Gasteiger partial charge < -0.3 is 11.1 Å². The largest absolute Gasteiger partial charge is 0.347 e. The van der Waals surface area contributed by atoms with Crippen LogP contribution in [-0.2, 0) is 0 Å². The van der Waals surface area contributed by atoms with Crippen molar-refractivity contribution in [1.29, 1.82) is 0 Å². The Morgan fingerprint density at radius 3 is 2.62 bits per heavy atom. The number of rotatable bonds is 5. The van der Waals surface area contributed by atoms with Crippen LogP contribution in [0.2, 0.25) is 0 Å². The second-order valence-corrected chi connectivity index (χ2v) is 7.25. The van der Waals surface area contributed by atoms with Crippen LogP contribution < -0.4 is 11.1 Å². The summed E-state index contributed by atoms with van der Waals surface area (Å²) in [5.74, 6) is 0.720. The molecular formula is C18H27N5O. The van der Waals surface area contributed by atoms with Crippen LogP contribution in [0.25, 0.3) is 11.0 Å². The molecule has 1 saturated carbocycles. The highest BCUT2D eigenvalue weighted by atomic mass is 16.1. The average Bonchev–Trinajstić information content (AvgIpc) is 3.07. The number of carbonyl (C=O) groups is 1. The number of nitrogens with two attached hydrogens (primary N) is 1. The SMILES string of the molecule is CC(C)C(N)C(NC(=O)c1ccc2n[nH]nc2c1)C1CCCCC1. The number of hydrogen-bond donors (Lipinski definition) is 3. The molecule has 0 radical (unpaired) electrons. The number of nitrogens with zero attached hydrogens (tertiary/aromatic N) is 2. The van der Waals surface area contributed by atoms with E-state index in [1.807, 2.05) is 6.07 Å². The Bertz CT molecular complexity index is 690. The number of aromatic nitrogens is 3. The van der Waals surface area contributed by atoms with Crippen LogP contribution in [0.3, 0.4) is 0 Å². The van der Waals surface area contributed by atoms with Crippen LogP contribution in [0.15, 0.2) is 18.2 Å². The number of hydrogen-bond acceptors (Lipinski definition) is 4. The number of H-pyrrole nitrogens is 1. The van der Waals surface area contributed by atoms with E-state index < -0.39 is 0 Å². The van der Waals surface area contributed by atoms with Gasteiger partial charge in [-0.15, -0.1) is 0 Å². The lowest BCUT2D eigenvalue weighted by Gasteiger charge is -2.36. The molecule has 0 spiro atoms. The topological polar surface area (TPSA) is 96.7 Å². The van der Waals surface area contributed by atoms with E-state index in [9.17, 15) is 4.79 Å². The van der Waals surface area contributed by atoms with Gasteiger partial charge in [-0.25, -0.2) is 0 Å². The van der Waals surface area contributed by atoms with Gasteiger partial charge in [0.2, 0.25) is 0 Å². The van der Waals surface area contributed by atoms with Gasteiger partial charge in [-0.05, 0) is 42.9 Å². The highest BCUT2D eigenvalue weighted by molar-refractivity contribution is 5.97. The van der Waals surface area contributed by atoms with Gasteiger partial charge in [0.1, 0.15) is 11.0 Å². The molecule has 6 nitrogen and oxygen atoms in total. The van der Waals surface area contributed by atoms with Crippen molar-refractivity contribution in [3.63, 3.8) is 0 Å². The number of nitrogens with one attached hydrogen (secondary N) is 2. The van der Waals surface area contributed by atoms with E-state index in [4.69, 9.17) is 5.73 Å². The van der Waals surface area contributed by atoms with Crippen LogP contribution in [0.4, 0.5) is 0 Å². The number of carbonyl (C=O) groups excluding carboxylic acids is 1. The number of benzene rings is 1. The first-order valence-electron chi connectivity index (χ1n) is 8.93. The van der Waals surface area contributed by atoms with E-state index >= 15 is 0 Å². The molecule has 3 rings (SSSR count). The minimum atomic E-state index is -0.0772. The van der Waals surface area contributed by atoms with Crippen molar-refractivity contribution < 1.29 is 4.79 Å². The molecule has 1 heterocycles. The normalized spacial score (nSPS) is 18.7. The van der Waals surface area contributed by atoms with Gasteiger partial charge in [0.15, 0.2) is 0 Å². The molecule has 0 bridgehead atoms. The first-order valence-corrected chi connectivity index (χ1v) is 8.93. The van der Waals surface area contributed by atoms with Gasteiger partial charge in [0, 0.05) is 17.6 Å². The smallest absolute Gasteiger partial charge is 0.251 e. The molecule has 2 aromatic rings. The van der Waals surface area contributed by atoms with Crippen molar-refractivity contribution in [2.45, 2.75) is 58.0 Å². The first-order chi connectivity index (χ1) is 11.6. The number of aromatic amines is 1. The summed E-state index contributed by atoms with van der Waals surface area (Å²) in [6.07, 6.45) is 6.04. The summed E-state index contributed by atoms with van der Waals surface area (Å²) in [6.45, 7) is 4.24. The molecule has 1 aromatic carbocycles. The third-order valence-corrected chi connectivity index (χ3v) is 5.22. The molecule has 1 aliphatic carbocycles. The Kier molecular flexibility index (Phi) is 5.14. The average molecular weight is 329 g/mol. The second-order valence-electron chi connectivity index (χ2n) is 7.25. The third kappa shape index (κ3) is 3.59. The quantitative estimate of drug-likeness (QED) is 0.785. The molecule has 0 saturated heterocycles. The molecule has 4 N–H and O–H groups in total. The van der Waals surface area contributed by atoms with Crippen molar-refractivity contribution in [2.24, 2.45) is 17.6 Å². The number of fused-ring (bicyclic) bond motifs is 1. The summed E-state index contributed by atoms with van der Waals surface area (Å²) in [6, 6.07) is 5.36. The molecule has 130 valence electrons. The molecule has 2 atom stereocenters. The Morgan fingerprint density at radius 1 is 1.21 bits per heavy atom. The van der Waals surface area contributed by atoms with E-state index in [1.165, 1.54) is 19.3 Å². The van der Waals surface area contributed by atoms with Gasteiger partial charge >= 0.3 is 0 Å². The maximum atomic E-state index is 12.8. The van der Waals surface area contributed by atoms with Crippen molar-refractivity contribution >= 4 is 16.9 Å². The number of amides is 1. The Labute approximate surface area is 142 Å². The lowest BCUT2D eigenvalue weighted by molar-refractivity contribution is 0.0892. The highest BCUT2D eigenvalue weighted by Gasteiger charge is 2.31. The third-order valence-electron chi connectivity index (χ3n) is 5.22. The molecule has 1 amide bonds. The monoisotopic (exact) mass is 329 g/mol. The summed E-state index contributed by atoms with van der Waals surface area (Å²) in [5.41, 5.74) is 8.51. The lowest BCUT2D eigenvalue weighted by atomic mass is 9.78. The molecule has 2 unspecified atom stereocenters. The lowest BCUT2D eigenvalue weighted by Crippen LogP contribution is -2.54. The predicted octanol–water partition coefficient (Wildman–Crippen LogP) is 2.62. The van der Waals surface area contributed by atoms with Crippen LogP contribution in [0, 0.1) is 11.8 Å². The molecule has 1 fully saturated rings. The molecule has 1 aliphatic rings. The minimum absolute atomic E-state index is 0.0193. The standard InChI is InChI=1S/C18H27N5O/c1-11(2)16(19)17(12-6-4-3-5-7-12)20-18(24)13-8-9-14-15(10-13)22-23-21-14/h8-12,16-17H,3-7,19H2,1-2H3,(H,20,24)(H,21,22,23). The van der Waals surface area contributed by atoms with E-state index in [1.54, 1.807) is 12.1 Å². The van der Waals surface area contributed by atoms with Crippen molar-refractivity contribution in [1.82, 2.24) is 20.7 Å². The maximum Gasteiger partial charge on any atom is 0.251 e. The fourth-order valence-electron chi connectivity index (χ4n) is 3.65. The molecule has 1 aromatic heterocycles. The summed E-state index contributed by atoms with van der Waals surface area (Å²) < 4.78 is 0. The molecule has 0 aliphatic heterocycles. The molecule has 24 heavy (non-hydrogen) atoms. The Morgan fingerprint density at radius 2 is 1.92 bits per heavy atom. The van der Waals surface area contributed by atoms with Crippen molar-refractivity contribution in [3.05, 3.63) is 23.8 Å². The maximum absolute atomic E-state index is 12.8. The Hall–Kier alpha value is -1.95. The molecule has 6 heteroatoms. The summed E-state index contributed by atoms with van der Waals surface area (Å²) in [4.78, 5) is 12.8. The highest BCUT2D eigenvalue weighted by Crippen LogP contribution is 2.29. The van der Waals surface area contributed by atoms with E-state index in [0.717, 1.165) is 18.4 Å². The molecular weight excluding hydrogens is 302 g/mol. The Balaban J connectivity index is 1.78. The summed E-state index contributed by atoms with van der Waals surface area (Å²) >= 11 is 0. The zero-order valence-electron chi connectivity index (χ0n) is 14.5. The minimum Gasteiger partial charge on any atom is -0.347 e. The first kappa shape index (κ1) is 16.9. The predicted molar refractivity (Wildman–Crippen MR) is 94.5 cm³/mol. The summed E-state index contributed by atoms with van der Waals surface area (Å²) in [5, 5.41) is 13.9. The summed E-state index contributed by atoms with van der Waals surface area (Å²) in [7, 11) is 0. The second kappa shape index (κ2) is 7.30. The van der Waals surface area contributed by atoms with Crippen LogP contribution in [0.5, 0.6) is 0 Å². The van der Waals surface area contributed by atoms with Gasteiger partial charge in [-0.1, -0.05) is 33.1 Å².